The van der Waals surface area contributed by atoms with E-state index < -0.39 is 12.0 Å². The van der Waals surface area contributed by atoms with Crippen molar-refractivity contribution in [3.05, 3.63) is 29.6 Å². The van der Waals surface area contributed by atoms with E-state index in [1.165, 1.54) is 6.07 Å². The number of carboxylic acids is 1. The summed E-state index contributed by atoms with van der Waals surface area (Å²) >= 11 is 0. The molecule has 0 fully saturated rings. The van der Waals surface area contributed by atoms with E-state index >= 15 is 0 Å². The van der Waals surface area contributed by atoms with Gasteiger partial charge in [-0.25, -0.2) is 4.39 Å². The minimum absolute atomic E-state index is 0.0319. The number of halogens is 1. The lowest BCUT2D eigenvalue weighted by Gasteiger charge is -2.17. The standard InChI is InChI=1S/C13H18FNO3/c1-8(2)15-12(13(16)17)7-18-10-5-4-9(3)11(14)6-10/h4-6,8,12,15H,7H2,1-3H3,(H,16,17). The summed E-state index contributed by atoms with van der Waals surface area (Å²) in [7, 11) is 0. The lowest BCUT2D eigenvalue weighted by Crippen LogP contribution is -2.44. The summed E-state index contributed by atoms with van der Waals surface area (Å²) in [6.45, 7) is 5.30. The first-order valence-electron chi connectivity index (χ1n) is 5.78. The molecule has 0 aromatic heterocycles. The van der Waals surface area contributed by atoms with Crippen LogP contribution in [0.5, 0.6) is 5.75 Å². The Bertz CT molecular complexity index is 421. The summed E-state index contributed by atoms with van der Waals surface area (Å²) in [5, 5.41) is 11.8. The molecule has 0 saturated carbocycles. The highest BCUT2D eigenvalue weighted by molar-refractivity contribution is 5.73. The molecule has 100 valence electrons. The molecule has 1 atom stereocenters. The van der Waals surface area contributed by atoms with Crippen LogP contribution in [0.1, 0.15) is 19.4 Å². The highest BCUT2D eigenvalue weighted by Crippen LogP contribution is 2.16. The van der Waals surface area contributed by atoms with Crippen LogP contribution in [0, 0.1) is 12.7 Å². The molecule has 0 spiro atoms. The van der Waals surface area contributed by atoms with Gasteiger partial charge in [0.15, 0.2) is 0 Å². The Morgan fingerprint density at radius 2 is 2.17 bits per heavy atom. The second kappa shape index (κ2) is 6.35. The van der Waals surface area contributed by atoms with Crippen molar-refractivity contribution in [2.45, 2.75) is 32.9 Å². The second-order valence-corrected chi connectivity index (χ2v) is 4.43. The number of hydrogen-bond acceptors (Lipinski definition) is 3. The topological polar surface area (TPSA) is 58.6 Å². The van der Waals surface area contributed by atoms with E-state index in [1.54, 1.807) is 19.1 Å². The monoisotopic (exact) mass is 255 g/mol. The van der Waals surface area contributed by atoms with E-state index in [2.05, 4.69) is 5.32 Å². The number of aliphatic carboxylic acids is 1. The van der Waals surface area contributed by atoms with Gasteiger partial charge in [-0.15, -0.1) is 0 Å². The summed E-state index contributed by atoms with van der Waals surface area (Å²) in [5.41, 5.74) is 0.525. The first-order valence-corrected chi connectivity index (χ1v) is 5.78. The van der Waals surface area contributed by atoms with Gasteiger partial charge in [0.05, 0.1) is 0 Å². The molecule has 2 N–H and O–H groups in total. The maximum Gasteiger partial charge on any atom is 0.324 e. The van der Waals surface area contributed by atoms with Crippen molar-refractivity contribution in [1.82, 2.24) is 5.32 Å². The maximum absolute atomic E-state index is 13.3. The van der Waals surface area contributed by atoms with Gasteiger partial charge in [-0.2, -0.15) is 0 Å². The van der Waals surface area contributed by atoms with Crippen LogP contribution in [0.25, 0.3) is 0 Å². The SMILES string of the molecule is Cc1ccc(OCC(NC(C)C)C(=O)O)cc1F. The minimum atomic E-state index is -0.990. The highest BCUT2D eigenvalue weighted by atomic mass is 19.1. The quantitative estimate of drug-likeness (QED) is 0.816. The molecule has 0 heterocycles. The van der Waals surface area contributed by atoms with Crippen LogP contribution in [0.3, 0.4) is 0 Å². The van der Waals surface area contributed by atoms with E-state index in [9.17, 15) is 9.18 Å². The van der Waals surface area contributed by atoms with Gasteiger partial charge in [0.2, 0.25) is 0 Å². The van der Waals surface area contributed by atoms with Crippen molar-refractivity contribution in [2.75, 3.05) is 6.61 Å². The summed E-state index contributed by atoms with van der Waals surface area (Å²) in [4.78, 5) is 11.0. The van der Waals surface area contributed by atoms with E-state index in [4.69, 9.17) is 9.84 Å². The summed E-state index contributed by atoms with van der Waals surface area (Å²) < 4.78 is 18.5. The van der Waals surface area contributed by atoms with Gasteiger partial charge in [-0.05, 0) is 18.6 Å². The third-order valence-corrected chi connectivity index (χ3v) is 2.39. The van der Waals surface area contributed by atoms with Crippen LogP contribution in [0.4, 0.5) is 4.39 Å². The molecule has 0 bridgehead atoms. The Balaban J connectivity index is 2.61. The molecule has 0 aliphatic carbocycles. The molecule has 4 nitrogen and oxygen atoms in total. The van der Waals surface area contributed by atoms with E-state index in [0.717, 1.165) is 0 Å². The molecule has 18 heavy (non-hydrogen) atoms. The number of rotatable bonds is 6. The Labute approximate surface area is 106 Å². The van der Waals surface area contributed by atoms with E-state index in [0.29, 0.717) is 11.3 Å². The van der Waals surface area contributed by atoms with Gasteiger partial charge in [-0.1, -0.05) is 19.9 Å². The van der Waals surface area contributed by atoms with Crippen LogP contribution in [0.2, 0.25) is 0 Å². The smallest absolute Gasteiger partial charge is 0.324 e. The molecule has 1 unspecified atom stereocenters. The van der Waals surface area contributed by atoms with Crippen LogP contribution in [-0.2, 0) is 4.79 Å². The lowest BCUT2D eigenvalue weighted by molar-refractivity contribution is -0.140. The zero-order chi connectivity index (χ0) is 13.7. The Kier molecular flexibility index (Phi) is 5.09. The molecule has 5 heteroatoms. The van der Waals surface area contributed by atoms with Gasteiger partial charge in [0.1, 0.15) is 24.2 Å². The molecule has 0 amide bonds. The normalized spacial score (nSPS) is 12.5. The van der Waals surface area contributed by atoms with Crippen LogP contribution >= 0.6 is 0 Å². The largest absolute Gasteiger partial charge is 0.491 e. The number of carboxylic acid groups (broad SMARTS) is 1. The first-order chi connectivity index (χ1) is 8.40. The van der Waals surface area contributed by atoms with Crippen molar-refractivity contribution in [3.8, 4) is 5.75 Å². The predicted octanol–water partition coefficient (Wildman–Crippen LogP) is 1.96. The zero-order valence-corrected chi connectivity index (χ0v) is 10.7. The average molecular weight is 255 g/mol. The molecular formula is C13H18FNO3. The third kappa shape index (κ3) is 4.33. The molecule has 1 rings (SSSR count). The molecule has 0 aliphatic heterocycles. The number of hydrogen-bond donors (Lipinski definition) is 2. The van der Waals surface area contributed by atoms with E-state index in [1.807, 2.05) is 13.8 Å². The van der Waals surface area contributed by atoms with Crippen molar-refractivity contribution >= 4 is 5.97 Å². The molecule has 1 aromatic rings. The third-order valence-electron chi connectivity index (χ3n) is 2.39. The van der Waals surface area contributed by atoms with Gasteiger partial charge in [0, 0.05) is 12.1 Å². The van der Waals surface area contributed by atoms with Crippen molar-refractivity contribution in [1.29, 1.82) is 0 Å². The fourth-order valence-corrected chi connectivity index (χ4v) is 1.44. The van der Waals surface area contributed by atoms with Crippen molar-refractivity contribution in [3.63, 3.8) is 0 Å². The summed E-state index contributed by atoms with van der Waals surface area (Å²) in [6.07, 6.45) is 0. The Morgan fingerprint density at radius 3 is 2.67 bits per heavy atom. The maximum atomic E-state index is 13.3. The van der Waals surface area contributed by atoms with Crippen LogP contribution in [-0.4, -0.2) is 29.8 Å². The number of benzene rings is 1. The molecule has 0 aliphatic rings. The van der Waals surface area contributed by atoms with Crippen molar-refractivity contribution < 1.29 is 19.0 Å². The fourth-order valence-electron chi connectivity index (χ4n) is 1.44. The number of ether oxygens (including phenoxy) is 1. The summed E-state index contributed by atoms with van der Waals surface area (Å²) in [6, 6.07) is 3.69. The van der Waals surface area contributed by atoms with Gasteiger partial charge in [-0.3, -0.25) is 10.1 Å². The van der Waals surface area contributed by atoms with Gasteiger partial charge >= 0.3 is 5.97 Å². The molecule has 0 saturated heterocycles. The highest BCUT2D eigenvalue weighted by Gasteiger charge is 2.18. The molecular weight excluding hydrogens is 237 g/mol. The first kappa shape index (κ1) is 14.4. The van der Waals surface area contributed by atoms with Gasteiger partial charge in [0.25, 0.3) is 0 Å². The van der Waals surface area contributed by atoms with Gasteiger partial charge < -0.3 is 9.84 Å². The Hall–Kier alpha value is -1.62. The lowest BCUT2D eigenvalue weighted by atomic mass is 10.2. The molecule has 0 radical (unpaired) electrons. The van der Waals surface area contributed by atoms with Crippen molar-refractivity contribution in [2.24, 2.45) is 0 Å². The number of carbonyl (C=O) groups is 1. The number of aryl methyl sites for hydroxylation is 1. The molecule has 1 aromatic carbocycles. The van der Waals surface area contributed by atoms with E-state index in [-0.39, 0.29) is 18.5 Å². The Morgan fingerprint density at radius 1 is 1.50 bits per heavy atom. The predicted molar refractivity (Wildman–Crippen MR) is 66.3 cm³/mol. The average Bonchev–Trinajstić information content (AvgIpc) is 2.28. The fraction of sp³-hybridized carbons (Fsp3) is 0.462. The second-order valence-electron chi connectivity index (χ2n) is 4.43. The zero-order valence-electron chi connectivity index (χ0n) is 10.7. The van der Waals surface area contributed by atoms with Crippen LogP contribution < -0.4 is 10.1 Å². The number of nitrogens with one attached hydrogen (secondary N) is 1. The minimum Gasteiger partial charge on any atom is -0.491 e. The van der Waals surface area contributed by atoms with Crippen LogP contribution in [0.15, 0.2) is 18.2 Å². The summed E-state index contributed by atoms with van der Waals surface area (Å²) in [5.74, 6) is -1.03.